The molecule has 0 saturated heterocycles. The number of ether oxygens (including phenoxy) is 4. The van der Waals surface area contributed by atoms with Gasteiger partial charge in [0, 0.05) is 58.0 Å². The Morgan fingerprint density at radius 2 is 0.889 bits per heavy atom. The number of aromatic amines is 2. The third kappa shape index (κ3) is 8.09. The van der Waals surface area contributed by atoms with Gasteiger partial charge in [-0.3, -0.25) is 19.8 Å². The fourth-order valence-electron chi connectivity index (χ4n) is 8.90. The molecule has 0 bridgehead atoms. The van der Waals surface area contributed by atoms with Gasteiger partial charge in [0.15, 0.2) is 11.6 Å². The van der Waals surface area contributed by atoms with E-state index in [-0.39, 0.29) is 23.7 Å². The average molecular weight is 845 g/mol. The molecule has 0 radical (unpaired) electrons. The van der Waals surface area contributed by atoms with Gasteiger partial charge in [0.1, 0.15) is 23.0 Å². The highest BCUT2D eigenvalue weighted by Crippen LogP contribution is 2.46. The van der Waals surface area contributed by atoms with Gasteiger partial charge in [-0.2, -0.15) is 10.2 Å². The lowest BCUT2D eigenvalue weighted by Crippen LogP contribution is -2.31. The molecule has 0 atom stereocenters. The minimum atomic E-state index is -0.433. The van der Waals surface area contributed by atoms with Crippen LogP contribution in [-0.4, -0.2) is 60.6 Å². The van der Waals surface area contributed by atoms with E-state index in [0.717, 1.165) is 99.9 Å². The summed E-state index contributed by atoms with van der Waals surface area (Å²) in [6, 6.07) is 32.6. The fraction of sp³-hybridized carbons (Fsp3) is 0.294. The third-order valence-corrected chi connectivity index (χ3v) is 13.0. The summed E-state index contributed by atoms with van der Waals surface area (Å²) in [5.74, 6) is 4.81. The summed E-state index contributed by atoms with van der Waals surface area (Å²) < 4.78 is 22.0. The van der Waals surface area contributed by atoms with E-state index in [1.54, 1.807) is 28.4 Å². The molecule has 12 heteroatoms. The lowest BCUT2D eigenvalue weighted by atomic mass is 9.68. The molecule has 2 saturated carbocycles. The summed E-state index contributed by atoms with van der Waals surface area (Å²) in [6.07, 6.45) is 14.8. The number of carbonyl (C=O) groups is 2. The number of allylic oxidation sites excluding steroid dienone is 2. The Kier molecular flexibility index (Phi) is 11.4. The molecule has 2 fully saturated rings. The number of amides is 2. The van der Waals surface area contributed by atoms with Crippen LogP contribution < -0.4 is 29.6 Å². The van der Waals surface area contributed by atoms with E-state index in [1.165, 1.54) is 0 Å². The van der Waals surface area contributed by atoms with Crippen LogP contribution >= 0.6 is 0 Å². The van der Waals surface area contributed by atoms with Crippen LogP contribution in [-0.2, 0) is 33.3 Å². The van der Waals surface area contributed by atoms with Crippen molar-refractivity contribution < 1.29 is 28.5 Å². The lowest BCUT2D eigenvalue weighted by Gasteiger charge is -2.35. The van der Waals surface area contributed by atoms with Gasteiger partial charge in [-0.15, -0.1) is 0 Å². The molecule has 4 aliphatic carbocycles. The number of aromatic nitrogens is 4. The standard InChI is InChI=1S/C26H27N3O3.C25H25N3O3/c1-31-20-10-4-8-18(14-20)26(19-9-5-11-21(15-19)32-2)13-12-22-23(16-26)28-29-24(22)27-25(30)17-6-3-7-17;1-30-19-7-3-5-17(13-19)25(18-6-4-8-20(14-18)31-2)12-11-21-22(15-25)27-28-23(21)26-24(29)16-9-10-16/h4-5,8-15,17H,3,6-7,16H2,1-2H3,(H2,27,28,29,30);3-8,11-14,16H,9-10,15H2,1-2H3,(H2,26,27,28,29). The van der Waals surface area contributed by atoms with Gasteiger partial charge < -0.3 is 29.6 Å². The number of H-pyrrole nitrogens is 2. The molecule has 0 unspecified atom stereocenters. The van der Waals surface area contributed by atoms with Crippen molar-refractivity contribution in [3.8, 4) is 23.0 Å². The van der Waals surface area contributed by atoms with Crippen molar-refractivity contribution in [2.75, 3.05) is 39.1 Å². The number of nitrogens with zero attached hydrogens (tertiary/aromatic N) is 2. The molecule has 322 valence electrons. The molecule has 63 heavy (non-hydrogen) atoms. The van der Waals surface area contributed by atoms with Gasteiger partial charge in [-0.05, 0) is 96.5 Å². The normalized spacial score (nSPS) is 16.6. The maximum absolute atomic E-state index is 12.5. The predicted octanol–water partition coefficient (Wildman–Crippen LogP) is 9.05. The maximum atomic E-state index is 12.5. The molecule has 12 nitrogen and oxygen atoms in total. The van der Waals surface area contributed by atoms with E-state index in [9.17, 15) is 9.59 Å². The van der Waals surface area contributed by atoms with Crippen molar-refractivity contribution >= 4 is 35.6 Å². The van der Waals surface area contributed by atoms with Crippen LogP contribution in [0.2, 0.25) is 0 Å². The zero-order valence-electron chi connectivity index (χ0n) is 36.0. The number of benzene rings is 4. The smallest absolute Gasteiger partial charge is 0.228 e. The number of carbonyl (C=O) groups excluding carboxylic acids is 2. The van der Waals surface area contributed by atoms with Crippen molar-refractivity contribution in [1.82, 2.24) is 20.4 Å². The second-order valence-electron chi connectivity index (χ2n) is 16.7. The molecular formula is C51H52N6O6. The molecule has 2 heterocycles. The van der Waals surface area contributed by atoms with Crippen LogP contribution in [0, 0.1) is 11.8 Å². The van der Waals surface area contributed by atoms with E-state index in [0.29, 0.717) is 24.5 Å². The van der Waals surface area contributed by atoms with Gasteiger partial charge in [0.05, 0.1) is 28.4 Å². The van der Waals surface area contributed by atoms with Gasteiger partial charge in [-0.1, -0.05) is 79.3 Å². The second kappa shape index (κ2) is 17.4. The summed E-state index contributed by atoms with van der Waals surface area (Å²) in [6.45, 7) is 0. The molecular weight excluding hydrogens is 793 g/mol. The van der Waals surface area contributed by atoms with Crippen molar-refractivity contribution in [1.29, 1.82) is 0 Å². The fourth-order valence-corrected chi connectivity index (χ4v) is 8.90. The van der Waals surface area contributed by atoms with E-state index in [2.05, 4.69) is 104 Å². The number of nitrogens with one attached hydrogen (secondary N) is 4. The van der Waals surface area contributed by atoms with Crippen LogP contribution in [0.4, 0.5) is 11.6 Å². The second-order valence-corrected chi connectivity index (χ2v) is 16.7. The predicted molar refractivity (Wildman–Crippen MR) is 244 cm³/mol. The minimum Gasteiger partial charge on any atom is -0.497 e. The Balaban J connectivity index is 0.000000160. The van der Waals surface area contributed by atoms with E-state index >= 15 is 0 Å². The van der Waals surface area contributed by atoms with E-state index in [4.69, 9.17) is 18.9 Å². The van der Waals surface area contributed by atoms with Crippen molar-refractivity contribution in [2.45, 2.75) is 55.8 Å². The Morgan fingerprint density at radius 3 is 1.19 bits per heavy atom. The number of hydrogen-bond donors (Lipinski definition) is 4. The van der Waals surface area contributed by atoms with Gasteiger partial charge in [0.2, 0.25) is 11.8 Å². The monoisotopic (exact) mass is 844 g/mol. The Labute approximate surface area is 367 Å². The maximum Gasteiger partial charge on any atom is 0.228 e. The van der Waals surface area contributed by atoms with Crippen LogP contribution in [0.15, 0.2) is 109 Å². The largest absolute Gasteiger partial charge is 0.497 e. The Hall–Kier alpha value is -7.08. The lowest BCUT2D eigenvalue weighted by molar-refractivity contribution is -0.122. The molecule has 4 aliphatic rings. The first-order chi connectivity index (χ1) is 30.7. The van der Waals surface area contributed by atoms with Gasteiger partial charge in [0.25, 0.3) is 0 Å². The van der Waals surface area contributed by atoms with Crippen molar-refractivity contribution in [3.05, 3.63) is 154 Å². The molecule has 4 aromatic carbocycles. The summed E-state index contributed by atoms with van der Waals surface area (Å²) in [7, 11) is 6.71. The summed E-state index contributed by atoms with van der Waals surface area (Å²) in [5.41, 5.74) is 7.44. The first-order valence-corrected chi connectivity index (χ1v) is 21.5. The Morgan fingerprint density at radius 1 is 0.540 bits per heavy atom. The third-order valence-electron chi connectivity index (χ3n) is 13.0. The van der Waals surface area contributed by atoms with Crippen LogP contribution in [0.5, 0.6) is 23.0 Å². The average Bonchev–Trinajstić information content (AvgIpc) is 4.00. The highest BCUT2D eigenvalue weighted by Gasteiger charge is 2.40. The molecule has 2 aromatic heterocycles. The van der Waals surface area contributed by atoms with Crippen molar-refractivity contribution in [3.63, 3.8) is 0 Å². The van der Waals surface area contributed by atoms with E-state index in [1.807, 2.05) is 48.5 Å². The topological polar surface area (TPSA) is 152 Å². The number of anilines is 2. The summed E-state index contributed by atoms with van der Waals surface area (Å²) >= 11 is 0. The number of rotatable bonds is 12. The quantitative estimate of drug-likeness (QED) is 0.0953. The number of methoxy groups -OCH3 is 4. The molecule has 10 rings (SSSR count). The molecule has 6 aromatic rings. The molecule has 4 N–H and O–H groups in total. The SMILES string of the molecule is COc1cccc(C2(c3cccc(OC)c3)C=Cc3c(NC(=O)C4CC4)n[nH]c3C2)c1.COc1cccc(C2(c3cccc(OC)c3)C=Cc3c(NC(=O)C4CCC4)n[nH]c3C2)c1. The molecule has 0 spiro atoms. The highest BCUT2D eigenvalue weighted by molar-refractivity contribution is 5.95. The number of hydrogen-bond acceptors (Lipinski definition) is 8. The highest BCUT2D eigenvalue weighted by atomic mass is 16.5. The van der Waals surface area contributed by atoms with Crippen molar-refractivity contribution in [2.24, 2.45) is 11.8 Å². The number of fused-ring (bicyclic) bond motifs is 2. The Bertz CT molecular complexity index is 2610. The van der Waals surface area contributed by atoms with Crippen LogP contribution in [0.3, 0.4) is 0 Å². The zero-order valence-corrected chi connectivity index (χ0v) is 36.0. The van der Waals surface area contributed by atoms with Crippen LogP contribution in [0.1, 0.15) is 76.9 Å². The first kappa shape index (κ1) is 41.3. The summed E-state index contributed by atoms with van der Waals surface area (Å²) in [5, 5.41) is 21.2. The van der Waals surface area contributed by atoms with Crippen LogP contribution in [0.25, 0.3) is 12.2 Å². The molecule has 2 amide bonds. The zero-order chi connectivity index (χ0) is 43.6. The van der Waals surface area contributed by atoms with Gasteiger partial charge >= 0.3 is 0 Å². The van der Waals surface area contributed by atoms with Gasteiger partial charge in [-0.25, -0.2) is 0 Å². The first-order valence-electron chi connectivity index (χ1n) is 21.5. The summed E-state index contributed by atoms with van der Waals surface area (Å²) in [4.78, 5) is 24.7. The minimum absolute atomic E-state index is 0.0557. The molecule has 0 aliphatic heterocycles. The van der Waals surface area contributed by atoms with E-state index < -0.39 is 10.8 Å².